The largest absolute Gasteiger partial charge is 0.481 e. The second kappa shape index (κ2) is 7.24. The number of hydrogen-bond donors (Lipinski definition) is 1. The summed E-state index contributed by atoms with van der Waals surface area (Å²) < 4.78 is 0. The van der Waals surface area contributed by atoms with E-state index in [1.807, 2.05) is 26.0 Å². The highest BCUT2D eigenvalue weighted by molar-refractivity contribution is 5.74. The van der Waals surface area contributed by atoms with Crippen molar-refractivity contribution >= 4 is 5.97 Å². The van der Waals surface area contributed by atoms with Crippen molar-refractivity contribution in [1.29, 1.82) is 0 Å². The molecule has 0 aliphatic carbocycles. The maximum absolute atomic E-state index is 11.6. The first-order chi connectivity index (χ1) is 9.07. The van der Waals surface area contributed by atoms with Gasteiger partial charge in [0.15, 0.2) is 0 Å². The van der Waals surface area contributed by atoms with Gasteiger partial charge in [-0.1, -0.05) is 20.8 Å². The average Bonchev–Trinajstić information content (AvgIpc) is 2.44. The van der Waals surface area contributed by atoms with Crippen LogP contribution < -0.4 is 0 Å². The molecule has 1 rings (SSSR count). The highest BCUT2D eigenvalue weighted by atomic mass is 16.4. The van der Waals surface area contributed by atoms with Crippen LogP contribution in [0.3, 0.4) is 0 Å². The molecule has 1 aromatic heterocycles. The van der Waals surface area contributed by atoms with Gasteiger partial charge >= 0.3 is 5.97 Å². The van der Waals surface area contributed by atoms with Gasteiger partial charge in [-0.3, -0.25) is 14.7 Å². The third kappa shape index (κ3) is 4.03. The normalized spacial score (nSPS) is 11.8. The van der Waals surface area contributed by atoms with Gasteiger partial charge in [-0.15, -0.1) is 0 Å². The van der Waals surface area contributed by atoms with Gasteiger partial charge in [0.05, 0.1) is 5.41 Å². The molecule has 0 aliphatic heterocycles. The summed E-state index contributed by atoms with van der Waals surface area (Å²) in [5, 5.41) is 9.50. The lowest BCUT2D eigenvalue weighted by atomic mass is 9.82. The molecule has 0 radical (unpaired) electrons. The van der Waals surface area contributed by atoms with Crippen molar-refractivity contribution in [3.8, 4) is 0 Å². The fraction of sp³-hybridized carbons (Fsp3) is 0.600. The van der Waals surface area contributed by atoms with Gasteiger partial charge in [0, 0.05) is 25.5 Å². The number of aromatic nitrogens is 1. The molecule has 0 amide bonds. The first kappa shape index (κ1) is 15.6. The van der Waals surface area contributed by atoms with E-state index in [-0.39, 0.29) is 0 Å². The van der Waals surface area contributed by atoms with Gasteiger partial charge < -0.3 is 5.11 Å². The summed E-state index contributed by atoms with van der Waals surface area (Å²) >= 11 is 0. The molecule has 0 saturated heterocycles. The Morgan fingerprint density at radius 2 is 1.84 bits per heavy atom. The average molecular weight is 264 g/mol. The molecule has 19 heavy (non-hydrogen) atoms. The third-order valence-corrected chi connectivity index (χ3v) is 3.94. The van der Waals surface area contributed by atoms with Crippen molar-refractivity contribution in [2.75, 3.05) is 13.1 Å². The summed E-state index contributed by atoms with van der Waals surface area (Å²) in [4.78, 5) is 17.7. The van der Waals surface area contributed by atoms with Crippen molar-refractivity contribution < 1.29 is 9.90 Å². The Morgan fingerprint density at radius 1 is 1.26 bits per heavy atom. The minimum Gasteiger partial charge on any atom is -0.481 e. The van der Waals surface area contributed by atoms with Crippen LogP contribution >= 0.6 is 0 Å². The quantitative estimate of drug-likeness (QED) is 0.784. The van der Waals surface area contributed by atoms with Crippen molar-refractivity contribution in [3.63, 3.8) is 0 Å². The van der Waals surface area contributed by atoms with Gasteiger partial charge in [-0.05, 0) is 37.1 Å². The van der Waals surface area contributed by atoms with Crippen LogP contribution in [0, 0.1) is 5.41 Å². The third-order valence-electron chi connectivity index (χ3n) is 3.94. The predicted octanol–water partition coefficient (Wildman–Crippen LogP) is 2.79. The van der Waals surface area contributed by atoms with E-state index < -0.39 is 11.4 Å². The van der Waals surface area contributed by atoms with Crippen LogP contribution in [0.25, 0.3) is 0 Å². The molecule has 0 saturated carbocycles. The highest BCUT2D eigenvalue weighted by Gasteiger charge is 2.36. The van der Waals surface area contributed by atoms with Crippen LogP contribution in [0.1, 0.15) is 39.2 Å². The number of carboxylic acid groups (broad SMARTS) is 1. The zero-order chi connectivity index (χ0) is 14.3. The van der Waals surface area contributed by atoms with E-state index in [4.69, 9.17) is 0 Å². The summed E-state index contributed by atoms with van der Waals surface area (Å²) in [5.41, 5.74) is 0.534. The van der Waals surface area contributed by atoms with Crippen LogP contribution in [0.4, 0.5) is 0 Å². The second-order valence-electron chi connectivity index (χ2n) is 4.95. The molecule has 106 valence electrons. The zero-order valence-corrected chi connectivity index (χ0v) is 12.1. The SMILES string of the molecule is CCN(Cc1ccncc1)CC(CC)(CC)C(=O)O. The standard InChI is InChI=1S/C15H24N2O2/c1-4-15(5-2,14(18)19)12-17(6-3)11-13-7-9-16-10-8-13/h7-10H,4-6,11-12H2,1-3H3,(H,18,19). The zero-order valence-electron chi connectivity index (χ0n) is 12.1. The summed E-state index contributed by atoms with van der Waals surface area (Å²) in [7, 11) is 0. The molecular formula is C15H24N2O2. The van der Waals surface area contributed by atoms with E-state index in [0.717, 1.165) is 13.1 Å². The first-order valence-electron chi connectivity index (χ1n) is 6.92. The summed E-state index contributed by atoms with van der Waals surface area (Å²) in [6.45, 7) is 8.19. The Morgan fingerprint density at radius 3 is 2.26 bits per heavy atom. The number of carboxylic acids is 1. The van der Waals surface area contributed by atoms with Crippen LogP contribution in [0.5, 0.6) is 0 Å². The number of pyridine rings is 1. The molecule has 1 N–H and O–H groups in total. The topological polar surface area (TPSA) is 53.4 Å². The van der Waals surface area contributed by atoms with Gasteiger partial charge in [-0.2, -0.15) is 0 Å². The molecule has 0 aromatic carbocycles. The van der Waals surface area contributed by atoms with E-state index in [2.05, 4.69) is 16.8 Å². The fourth-order valence-electron chi connectivity index (χ4n) is 2.30. The molecule has 0 atom stereocenters. The minimum absolute atomic E-state index is 0.591. The second-order valence-corrected chi connectivity index (χ2v) is 4.95. The Labute approximate surface area is 115 Å². The number of aliphatic carboxylic acids is 1. The number of hydrogen-bond acceptors (Lipinski definition) is 3. The molecule has 0 bridgehead atoms. The maximum Gasteiger partial charge on any atom is 0.310 e. The van der Waals surface area contributed by atoms with Gasteiger partial charge in [-0.25, -0.2) is 0 Å². The van der Waals surface area contributed by atoms with Crippen molar-refractivity contribution in [3.05, 3.63) is 30.1 Å². The van der Waals surface area contributed by atoms with E-state index in [1.165, 1.54) is 5.56 Å². The lowest BCUT2D eigenvalue weighted by Gasteiger charge is -2.33. The van der Waals surface area contributed by atoms with Crippen LogP contribution in [0.2, 0.25) is 0 Å². The van der Waals surface area contributed by atoms with Crippen molar-refractivity contribution in [2.24, 2.45) is 5.41 Å². The van der Waals surface area contributed by atoms with Crippen LogP contribution in [0.15, 0.2) is 24.5 Å². The van der Waals surface area contributed by atoms with E-state index >= 15 is 0 Å². The Balaban J connectivity index is 2.78. The summed E-state index contributed by atoms with van der Waals surface area (Å²) in [6, 6.07) is 3.95. The molecule has 0 fully saturated rings. The smallest absolute Gasteiger partial charge is 0.310 e. The number of nitrogens with zero attached hydrogens (tertiary/aromatic N) is 2. The monoisotopic (exact) mass is 264 g/mol. The molecule has 0 unspecified atom stereocenters. The van der Waals surface area contributed by atoms with E-state index in [9.17, 15) is 9.90 Å². The van der Waals surface area contributed by atoms with Gasteiger partial charge in [0.25, 0.3) is 0 Å². The Bertz CT molecular complexity index is 388. The molecular weight excluding hydrogens is 240 g/mol. The van der Waals surface area contributed by atoms with Gasteiger partial charge in [0.1, 0.15) is 0 Å². The summed E-state index contributed by atoms with van der Waals surface area (Å²) in [5.74, 6) is -0.689. The maximum atomic E-state index is 11.6. The Kier molecular flexibility index (Phi) is 5.96. The number of rotatable bonds is 8. The molecule has 4 heteroatoms. The lowest BCUT2D eigenvalue weighted by Crippen LogP contribution is -2.42. The molecule has 1 aromatic rings. The number of carbonyl (C=O) groups is 1. The lowest BCUT2D eigenvalue weighted by molar-refractivity contribution is -0.151. The molecule has 4 nitrogen and oxygen atoms in total. The minimum atomic E-state index is -0.689. The van der Waals surface area contributed by atoms with Crippen LogP contribution in [-0.2, 0) is 11.3 Å². The van der Waals surface area contributed by atoms with E-state index in [1.54, 1.807) is 12.4 Å². The van der Waals surface area contributed by atoms with Crippen molar-refractivity contribution in [2.45, 2.75) is 40.2 Å². The van der Waals surface area contributed by atoms with Gasteiger partial charge in [0.2, 0.25) is 0 Å². The fourth-order valence-corrected chi connectivity index (χ4v) is 2.30. The van der Waals surface area contributed by atoms with E-state index in [0.29, 0.717) is 19.4 Å². The van der Waals surface area contributed by atoms with Crippen molar-refractivity contribution in [1.82, 2.24) is 9.88 Å². The molecule has 0 spiro atoms. The highest BCUT2D eigenvalue weighted by Crippen LogP contribution is 2.28. The van der Waals surface area contributed by atoms with Crippen LogP contribution in [-0.4, -0.2) is 34.0 Å². The molecule has 1 heterocycles. The Hall–Kier alpha value is -1.42. The predicted molar refractivity (Wildman–Crippen MR) is 75.8 cm³/mol. The first-order valence-corrected chi connectivity index (χ1v) is 6.92. The molecule has 0 aliphatic rings. The summed E-state index contributed by atoms with van der Waals surface area (Å²) in [6.07, 6.45) is 4.86.